The lowest BCUT2D eigenvalue weighted by Gasteiger charge is -2.22. The van der Waals surface area contributed by atoms with Crippen molar-refractivity contribution in [2.24, 2.45) is 11.8 Å². The third-order valence-corrected chi connectivity index (χ3v) is 7.60. The Labute approximate surface area is 205 Å². The lowest BCUT2D eigenvalue weighted by Crippen LogP contribution is -2.21. The number of aryl methyl sites for hydroxylation is 2. The highest BCUT2D eigenvalue weighted by atomic mass is 35.5. The van der Waals surface area contributed by atoms with E-state index in [4.69, 9.17) is 21.0 Å². The Balaban J connectivity index is 1.48. The molecule has 8 heteroatoms. The summed E-state index contributed by atoms with van der Waals surface area (Å²) < 4.78 is 6.24. The van der Waals surface area contributed by atoms with Crippen molar-refractivity contribution in [3.8, 4) is 11.3 Å². The molecule has 3 aromatic rings. The van der Waals surface area contributed by atoms with Crippen LogP contribution < -0.4 is 10.6 Å². The molecule has 2 atom stereocenters. The number of hydrogen-bond donors (Lipinski definition) is 3. The van der Waals surface area contributed by atoms with E-state index < -0.39 is 0 Å². The van der Waals surface area contributed by atoms with Gasteiger partial charge in [0.2, 0.25) is 5.95 Å². The number of aliphatic hydroxyl groups excluding tert-OH is 1. The van der Waals surface area contributed by atoms with E-state index >= 15 is 0 Å². The standard InChI is InChI=1S/C26H34ClN5O2/c1-15-10-19-12-21(34-23(19)16(2)29-15)22-24(27)31-26(28-13-17-6-4-3-5-7-17)32-25(22)30-20-9-8-18(11-20)14-33/h10,12,17-18,20,33H,3-9,11,13-14H2,1-2H3,(H2,28,30,31,32)/t18-,20+/m1/s1. The van der Waals surface area contributed by atoms with Crippen molar-refractivity contribution < 1.29 is 9.52 Å². The van der Waals surface area contributed by atoms with Gasteiger partial charge in [-0.1, -0.05) is 30.9 Å². The molecular weight excluding hydrogens is 450 g/mol. The number of aliphatic hydroxyl groups is 1. The Morgan fingerprint density at radius 1 is 1.03 bits per heavy atom. The first-order chi connectivity index (χ1) is 16.5. The maximum Gasteiger partial charge on any atom is 0.226 e. The minimum atomic E-state index is 0.221. The zero-order valence-electron chi connectivity index (χ0n) is 20.0. The SMILES string of the molecule is Cc1cc2cc(-c3c(Cl)nc(NCC4CCCCC4)nc3N[C@H]3CC[C@@H](CO)C3)oc2c(C)n1. The molecule has 0 saturated heterocycles. The summed E-state index contributed by atoms with van der Waals surface area (Å²) in [4.78, 5) is 14.0. The molecule has 182 valence electrons. The van der Waals surface area contributed by atoms with Gasteiger partial charge in [0.05, 0.1) is 11.3 Å². The predicted molar refractivity (Wildman–Crippen MR) is 136 cm³/mol. The van der Waals surface area contributed by atoms with Gasteiger partial charge in [0.1, 0.15) is 16.7 Å². The van der Waals surface area contributed by atoms with Crippen molar-refractivity contribution in [1.82, 2.24) is 15.0 Å². The fraction of sp³-hybridized carbons (Fsp3) is 0.577. The Hall–Kier alpha value is -2.38. The van der Waals surface area contributed by atoms with Gasteiger partial charge >= 0.3 is 0 Å². The largest absolute Gasteiger partial charge is 0.454 e. The van der Waals surface area contributed by atoms with E-state index in [1.165, 1.54) is 32.1 Å². The minimum absolute atomic E-state index is 0.221. The van der Waals surface area contributed by atoms with E-state index in [2.05, 4.69) is 20.6 Å². The summed E-state index contributed by atoms with van der Waals surface area (Å²) in [6, 6.07) is 4.23. The molecule has 3 aromatic heterocycles. The number of nitrogens with one attached hydrogen (secondary N) is 2. The van der Waals surface area contributed by atoms with Crippen LogP contribution in [0.3, 0.4) is 0 Å². The molecule has 2 fully saturated rings. The highest BCUT2D eigenvalue weighted by Crippen LogP contribution is 2.39. The van der Waals surface area contributed by atoms with Crippen LogP contribution in [0.4, 0.5) is 11.8 Å². The molecule has 0 bridgehead atoms. The van der Waals surface area contributed by atoms with Crippen molar-refractivity contribution in [3.63, 3.8) is 0 Å². The van der Waals surface area contributed by atoms with Gasteiger partial charge in [-0.05, 0) is 69.9 Å². The number of fused-ring (bicyclic) bond motifs is 1. The van der Waals surface area contributed by atoms with Crippen molar-refractivity contribution in [1.29, 1.82) is 0 Å². The summed E-state index contributed by atoms with van der Waals surface area (Å²) in [6.45, 7) is 5.01. The average Bonchev–Trinajstić information content (AvgIpc) is 3.45. The van der Waals surface area contributed by atoms with Gasteiger partial charge < -0.3 is 20.2 Å². The number of nitrogens with zero attached hydrogens (tertiary/aromatic N) is 3. The van der Waals surface area contributed by atoms with Crippen LogP contribution in [0.15, 0.2) is 16.5 Å². The fourth-order valence-corrected chi connectivity index (χ4v) is 5.78. The lowest BCUT2D eigenvalue weighted by molar-refractivity contribution is 0.229. The van der Waals surface area contributed by atoms with Crippen LogP contribution in [0, 0.1) is 25.7 Å². The van der Waals surface area contributed by atoms with Crippen molar-refractivity contribution in [2.75, 3.05) is 23.8 Å². The molecule has 0 radical (unpaired) electrons. The Kier molecular flexibility index (Phi) is 6.93. The van der Waals surface area contributed by atoms with Crippen LogP contribution in [-0.4, -0.2) is 39.3 Å². The second-order valence-corrected chi connectivity index (χ2v) is 10.4. The number of aromatic nitrogens is 3. The first kappa shape index (κ1) is 23.4. The molecule has 2 saturated carbocycles. The molecule has 34 heavy (non-hydrogen) atoms. The molecule has 0 aromatic carbocycles. The quantitative estimate of drug-likeness (QED) is 0.348. The Bertz CT molecular complexity index is 1160. The molecular formula is C26H34ClN5O2. The number of halogens is 1. The number of anilines is 2. The van der Waals surface area contributed by atoms with Gasteiger partial charge in [-0.2, -0.15) is 4.98 Å². The molecule has 2 aliphatic rings. The predicted octanol–water partition coefficient (Wildman–Crippen LogP) is 6.12. The van der Waals surface area contributed by atoms with Gasteiger partial charge in [-0.25, -0.2) is 4.98 Å². The maximum absolute atomic E-state index is 9.59. The number of furan rings is 1. The molecule has 7 nitrogen and oxygen atoms in total. The van der Waals surface area contributed by atoms with Crippen LogP contribution in [0.1, 0.15) is 62.8 Å². The van der Waals surface area contributed by atoms with Gasteiger partial charge in [0, 0.05) is 30.3 Å². The third-order valence-electron chi connectivity index (χ3n) is 7.32. The zero-order chi connectivity index (χ0) is 23.7. The highest BCUT2D eigenvalue weighted by molar-refractivity contribution is 6.32. The first-order valence-corrected chi connectivity index (χ1v) is 12.9. The molecule has 3 N–H and O–H groups in total. The monoisotopic (exact) mass is 483 g/mol. The second kappa shape index (κ2) is 10.1. The van der Waals surface area contributed by atoms with Crippen LogP contribution >= 0.6 is 11.6 Å². The van der Waals surface area contributed by atoms with Crippen molar-refractivity contribution in [2.45, 2.75) is 71.3 Å². The Morgan fingerprint density at radius 3 is 2.62 bits per heavy atom. The Morgan fingerprint density at radius 2 is 1.85 bits per heavy atom. The minimum Gasteiger partial charge on any atom is -0.454 e. The van der Waals surface area contributed by atoms with E-state index in [1.54, 1.807) is 0 Å². The highest BCUT2D eigenvalue weighted by Gasteiger charge is 2.27. The normalized spacial score (nSPS) is 21.3. The average molecular weight is 484 g/mol. The molecule has 0 spiro atoms. The van der Waals surface area contributed by atoms with Crippen LogP contribution in [0.5, 0.6) is 0 Å². The molecule has 0 aliphatic heterocycles. The lowest BCUT2D eigenvalue weighted by atomic mass is 9.89. The van der Waals surface area contributed by atoms with Crippen LogP contribution in [0.2, 0.25) is 5.15 Å². The summed E-state index contributed by atoms with van der Waals surface area (Å²) in [6.07, 6.45) is 9.33. The van der Waals surface area contributed by atoms with E-state index in [0.29, 0.717) is 40.1 Å². The molecule has 0 amide bonds. The summed E-state index contributed by atoms with van der Waals surface area (Å²) in [5.74, 6) is 2.83. The third kappa shape index (κ3) is 5.01. The molecule has 2 aliphatic carbocycles. The van der Waals surface area contributed by atoms with Gasteiger partial charge in [0.25, 0.3) is 0 Å². The molecule has 5 rings (SSSR count). The van der Waals surface area contributed by atoms with Crippen LogP contribution in [-0.2, 0) is 0 Å². The van der Waals surface area contributed by atoms with Crippen molar-refractivity contribution >= 4 is 34.3 Å². The fourth-order valence-electron chi connectivity index (χ4n) is 5.52. The molecule has 0 unspecified atom stereocenters. The van der Waals surface area contributed by atoms with E-state index in [9.17, 15) is 5.11 Å². The zero-order valence-corrected chi connectivity index (χ0v) is 20.8. The van der Waals surface area contributed by atoms with Crippen LogP contribution in [0.25, 0.3) is 22.3 Å². The summed E-state index contributed by atoms with van der Waals surface area (Å²) in [7, 11) is 0. The van der Waals surface area contributed by atoms with Gasteiger partial charge in [0.15, 0.2) is 5.58 Å². The second-order valence-electron chi connectivity index (χ2n) is 10.0. The number of rotatable bonds is 7. The van der Waals surface area contributed by atoms with Crippen molar-refractivity contribution in [3.05, 3.63) is 28.7 Å². The van der Waals surface area contributed by atoms with Gasteiger partial charge in [-0.15, -0.1) is 0 Å². The summed E-state index contributed by atoms with van der Waals surface area (Å²) in [5.41, 5.74) is 3.22. The first-order valence-electron chi connectivity index (χ1n) is 12.6. The van der Waals surface area contributed by atoms with Gasteiger partial charge in [-0.3, -0.25) is 4.98 Å². The summed E-state index contributed by atoms with van der Waals surface area (Å²) in [5, 5.41) is 18.0. The topological polar surface area (TPSA) is 96.1 Å². The molecule has 3 heterocycles. The number of pyridine rings is 1. The maximum atomic E-state index is 9.59. The van der Waals surface area contributed by atoms with E-state index in [0.717, 1.165) is 48.2 Å². The van der Waals surface area contributed by atoms with E-state index in [-0.39, 0.29) is 12.6 Å². The number of hydrogen-bond acceptors (Lipinski definition) is 7. The smallest absolute Gasteiger partial charge is 0.226 e. The van der Waals surface area contributed by atoms with E-state index in [1.807, 2.05) is 26.0 Å². The summed E-state index contributed by atoms with van der Waals surface area (Å²) >= 11 is 6.78.